The van der Waals surface area contributed by atoms with Gasteiger partial charge in [-0.25, -0.2) is 0 Å². The molecule has 0 aromatic rings. The van der Waals surface area contributed by atoms with Gasteiger partial charge in [0.05, 0.1) is 25.7 Å². The van der Waals surface area contributed by atoms with E-state index in [0.717, 1.165) is 13.0 Å². The van der Waals surface area contributed by atoms with E-state index < -0.39 is 5.79 Å². The zero-order chi connectivity index (χ0) is 14.6. The van der Waals surface area contributed by atoms with Crippen molar-refractivity contribution in [3.63, 3.8) is 0 Å². The second-order valence-electron chi connectivity index (χ2n) is 5.90. The van der Waals surface area contributed by atoms with Crippen molar-refractivity contribution in [1.29, 1.82) is 0 Å². The van der Waals surface area contributed by atoms with Gasteiger partial charge in [-0.2, -0.15) is 0 Å². The summed E-state index contributed by atoms with van der Waals surface area (Å²) in [5, 5.41) is 6.31. The Labute approximate surface area is 120 Å². The Morgan fingerprint density at radius 1 is 1.30 bits per heavy atom. The van der Waals surface area contributed by atoms with Crippen LogP contribution in [-0.4, -0.2) is 56.8 Å². The molecular weight excluding hydrogens is 260 g/mol. The molecule has 0 radical (unpaired) electrons. The maximum Gasteiger partial charge on any atom is 0.227 e. The van der Waals surface area contributed by atoms with Crippen molar-refractivity contribution in [1.82, 2.24) is 10.6 Å². The van der Waals surface area contributed by atoms with Gasteiger partial charge in [0.2, 0.25) is 5.91 Å². The van der Waals surface area contributed by atoms with Crippen molar-refractivity contribution in [3.05, 3.63) is 0 Å². The minimum atomic E-state index is -0.545. The van der Waals surface area contributed by atoms with Gasteiger partial charge in [-0.3, -0.25) is 4.79 Å². The lowest BCUT2D eigenvalue weighted by Crippen LogP contribution is -2.46. The van der Waals surface area contributed by atoms with Gasteiger partial charge in [0.1, 0.15) is 6.10 Å². The summed E-state index contributed by atoms with van der Waals surface area (Å²) in [5.41, 5.74) is 0. The van der Waals surface area contributed by atoms with Gasteiger partial charge < -0.3 is 24.8 Å². The third-order valence-corrected chi connectivity index (χ3v) is 3.65. The molecule has 2 saturated heterocycles. The summed E-state index contributed by atoms with van der Waals surface area (Å²) in [6.45, 7) is 8.87. The van der Waals surface area contributed by atoms with Crippen LogP contribution in [0, 0.1) is 5.92 Å². The summed E-state index contributed by atoms with van der Waals surface area (Å²) in [5.74, 6) is -0.627. The Bertz CT molecular complexity index is 335. The van der Waals surface area contributed by atoms with Gasteiger partial charge in [-0.05, 0) is 26.8 Å². The largest absolute Gasteiger partial charge is 0.379 e. The first-order chi connectivity index (χ1) is 9.52. The van der Waals surface area contributed by atoms with Gasteiger partial charge in [-0.1, -0.05) is 6.92 Å². The molecule has 3 atom stereocenters. The molecule has 0 spiro atoms. The van der Waals surface area contributed by atoms with Gasteiger partial charge in [0.15, 0.2) is 5.79 Å². The van der Waals surface area contributed by atoms with Crippen molar-refractivity contribution in [2.24, 2.45) is 5.92 Å². The fraction of sp³-hybridized carbons (Fsp3) is 0.929. The third kappa shape index (κ3) is 4.15. The summed E-state index contributed by atoms with van der Waals surface area (Å²) in [7, 11) is 0. The number of carbonyl (C=O) groups is 1. The van der Waals surface area contributed by atoms with E-state index in [1.807, 2.05) is 13.8 Å². The van der Waals surface area contributed by atoms with Gasteiger partial charge >= 0.3 is 0 Å². The molecular formula is C14H26N2O4. The van der Waals surface area contributed by atoms with Crippen LogP contribution in [0.3, 0.4) is 0 Å². The Morgan fingerprint density at radius 3 is 2.75 bits per heavy atom. The molecule has 3 unspecified atom stereocenters. The zero-order valence-corrected chi connectivity index (χ0v) is 12.6. The Kier molecular flexibility index (Phi) is 5.37. The SMILES string of the molecule is CCCNC1COCC1C(=O)NCC1COC(C)(C)O1. The van der Waals surface area contributed by atoms with E-state index >= 15 is 0 Å². The Morgan fingerprint density at radius 2 is 2.10 bits per heavy atom. The topological polar surface area (TPSA) is 68.8 Å². The summed E-state index contributed by atoms with van der Waals surface area (Å²) < 4.78 is 16.6. The quantitative estimate of drug-likeness (QED) is 0.733. The van der Waals surface area contributed by atoms with Crippen molar-refractivity contribution >= 4 is 5.91 Å². The number of amides is 1. The Balaban J connectivity index is 1.74. The fourth-order valence-corrected chi connectivity index (χ4v) is 2.55. The van der Waals surface area contributed by atoms with Crippen LogP contribution in [0.5, 0.6) is 0 Å². The zero-order valence-electron chi connectivity index (χ0n) is 12.6. The van der Waals surface area contributed by atoms with E-state index in [0.29, 0.717) is 26.4 Å². The molecule has 6 nitrogen and oxygen atoms in total. The second-order valence-corrected chi connectivity index (χ2v) is 5.90. The molecule has 2 N–H and O–H groups in total. The van der Waals surface area contributed by atoms with E-state index in [2.05, 4.69) is 17.6 Å². The molecule has 0 saturated carbocycles. The van der Waals surface area contributed by atoms with Gasteiger partial charge in [-0.15, -0.1) is 0 Å². The first-order valence-corrected chi connectivity index (χ1v) is 7.42. The molecule has 2 fully saturated rings. The maximum absolute atomic E-state index is 12.2. The lowest BCUT2D eigenvalue weighted by molar-refractivity contribution is -0.140. The molecule has 2 aliphatic heterocycles. The van der Waals surface area contributed by atoms with Gasteiger partial charge in [0.25, 0.3) is 0 Å². The highest BCUT2D eigenvalue weighted by Crippen LogP contribution is 2.22. The summed E-state index contributed by atoms with van der Waals surface area (Å²) in [6, 6.07) is 0.118. The molecule has 0 aliphatic carbocycles. The molecule has 20 heavy (non-hydrogen) atoms. The fourth-order valence-electron chi connectivity index (χ4n) is 2.55. The number of rotatable bonds is 6. The Hall–Kier alpha value is -0.690. The molecule has 2 heterocycles. The molecule has 116 valence electrons. The van der Waals surface area contributed by atoms with Crippen LogP contribution in [-0.2, 0) is 19.0 Å². The molecule has 0 bridgehead atoms. The van der Waals surface area contributed by atoms with Crippen LogP contribution in [0.1, 0.15) is 27.2 Å². The van der Waals surface area contributed by atoms with Crippen molar-refractivity contribution in [3.8, 4) is 0 Å². The standard InChI is InChI=1S/C14H26N2O4/c1-4-5-15-12-9-18-8-11(12)13(17)16-6-10-7-19-14(2,3)20-10/h10-12,15H,4-9H2,1-3H3,(H,16,17). The average Bonchev–Trinajstić information content (AvgIpc) is 2.99. The van der Waals surface area contributed by atoms with E-state index in [4.69, 9.17) is 14.2 Å². The summed E-state index contributed by atoms with van der Waals surface area (Å²) in [4.78, 5) is 12.2. The van der Waals surface area contributed by atoms with Crippen LogP contribution in [0.25, 0.3) is 0 Å². The van der Waals surface area contributed by atoms with Crippen LogP contribution < -0.4 is 10.6 Å². The predicted molar refractivity (Wildman–Crippen MR) is 74.3 cm³/mol. The van der Waals surface area contributed by atoms with Crippen molar-refractivity contribution in [2.75, 3.05) is 32.9 Å². The average molecular weight is 286 g/mol. The highest BCUT2D eigenvalue weighted by Gasteiger charge is 2.36. The predicted octanol–water partition coefficient (Wildman–Crippen LogP) is 0.269. The first-order valence-electron chi connectivity index (χ1n) is 7.42. The third-order valence-electron chi connectivity index (χ3n) is 3.65. The van der Waals surface area contributed by atoms with E-state index in [-0.39, 0.29) is 24.0 Å². The van der Waals surface area contributed by atoms with Crippen LogP contribution in [0.2, 0.25) is 0 Å². The van der Waals surface area contributed by atoms with E-state index in [9.17, 15) is 4.79 Å². The number of carbonyl (C=O) groups excluding carboxylic acids is 1. The van der Waals surface area contributed by atoms with Gasteiger partial charge in [0, 0.05) is 12.6 Å². The summed E-state index contributed by atoms with van der Waals surface area (Å²) in [6.07, 6.45) is 0.978. The molecule has 0 aromatic heterocycles. The molecule has 2 aliphatic rings. The summed E-state index contributed by atoms with van der Waals surface area (Å²) >= 11 is 0. The minimum absolute atomic E-state index is 0.0319. The normalized spacial score (nSPS) is 32.5. The monoisotopic (exact) mass is 286 g/mol. The van der Waals surface area contributed by atoms with Crippen molar-refractivity contribution < 1.29 is 19.0 Å². The first kappa shape index (κ1) is 15.7. The van der Waals surface area contributed by atoms with Crippen LogP contribution >= 0.6 is 0 Å². The van der Waals surface area contributed by atoms with Crippen LogP contribution in [0.15, 0.2) is 0 Å². The number of ether oxygens (including phenoxy) is 3. The van der Waals surface area contributed by atoms with E-state index in [1.165, 1.54) is 0 Å². The number of hydrogen-bond donors (Lipinski definition) is 2. The minimum Gasteiger partial charge on any atom is -0.379 e. The maximum atomic E-state index is 12.2. The number of hydrogen-bond acceptors (Lipinski definition) is 5. The van der Waals surface area contributed by atoms with E-state index in [1.54, 1.807) is 0 Å². The van der Waals surface area contributed by atoms with Crippen molar-refractivity contribution in [2.45, 2.75) is 45.1 Å². The second kappa shape index (κ2) is 6.85. The molecule has 6 heteroatoms. The lowest BCUT2D eigenvalue weighted by atomic mass is 10.0. The molecule has 1 amide bonds. The highest BCUT2D eigenvalue weighted by molar-refractivity contribution is 5.79. The smallest absolute Gasteiger partial charge is 0.227 e. The molecule has 2 rings (SSSR count). The molecule has 0 aromatic carbocycles. The number of nitrogens with one attached hydrogen (secondary N) is 2. The highest BCUT2D eigenvalue weighted by atomic mass is 16.7. The van der Waals surface area contributed by atoms with Crippen LogP contribution in [0.4, 0.5) is 0 Å². The lowest BCUT2D eigenvalue weighted by Gasteiger charge is -2.20.